The zero-order valence-corrected chi connectivity index (χ0v) is 12.7. The van der Waals surface area contributed by atoms with E-state index in [1.54, 1.807) is 0 Å². The number of benzene rings is 1. The Morgan fingerprint density at radius 3 is 2.57 bits per heavy atom. The lowest BCUT2D eigenvalue weighted by Gasteiger charge is -2.12. The number of aromatic nitrogens is 1. The summed E-state index contributed by atoms with van der Waals surface area (Å²) in [4.78, 5) is 4.61. The fraction of sp³-hybridized carbons (Fsp3) is 0.389. The first-order valence-electron chi connectivity index (χ1n) is 7.59. The topological polar surface area (TPSA) is 34.1 Å². The Hall–Kier alpha value is -1.87. The van der Waals surface area contributed by atoms with Crippen molar-refractivity contribution in [3.05, 3.63) is 58.9 Å². The number of rotatable bonds is 6. The summed E-state index contributed by atoms with van der Waals surface area (Å²) in [5.41, 5.74) is 4.49. The van der Waals surface area contributed by atoms with Gasteiger partial charge in [0.2, 0.25) is 0 Å². The molecule has 1 heterocycles. The molecule has 1 saturated carbocycles. The van der Waals surface area contributed by atoms with Gasteiger partial charge in [-0.3, -0.25) is 4.98 Å². The van der Waals surface area contributed by atoms with E-state index in [2.05, 4.69) is 41.5 Å². The number of ether oxygens (including phenoxy) is 1. The van der Waals surface area contributed by atoms with Crippen LogP contribution in [0.15, 0.2) is 36.4 Å². The van der Waals surface area contributed by atoms with Crippen molar-refractivity contribution in [1.29, 1.82) is 0 Å². The lowest BCUT2D eigenvalue weighted by molar-refractivity contribution is 0.300. The lowest BCUT2D eigenvalue weighted by atomic mass is 10.2. The molecule has 1 N–H and O–H groups in total. The van der Waals surface area contributed by atoms with Gasteiger partial charge in [-0.25, -0.2) is 0 Å². The fourth-order valence-corrected chi connectivity index (χ4v) is 2.23. The van der Waals surface area contributed by atoms with E-state index in [9.17, 15) is 0 Å². The first kappa shape index (κ1) is 14.1. The minimum atomic E-state index is 0.585. The summed E-state index contributed by atoms with van der Waals surface area (Å²) >= 11 is 0. The van der Waals surface area contributed by atoms with Crippen LogP contribution in [0.5, 0.6) is 5.75 Å². The molecule has 0 spiro atoms. The third kappa shape index (κ3) is 4.05. The minimum absolute atomic E-state index is 0.585. The Morgan fingerprint density at radius 1 is 1.10 bits per heavy atom. The Labute approximate surface area is 126 Å². The van der Waals surface area contributed by atoms with Crippen LogP contribution in [0.4, 0.5) is 0 Å². The van der Waals surface area contributed by atoms with Gasteiger partial charge in [-0.1, -0.05) is 29.8 Å². The first-order valence-corrected chi connectivity index (χ1v) is 7.59. The largest absolute Gasteiger partial charge is 0.487 e. The third-order valence-electron chi connectivity index (χ3n) is 3.72. The average molecular weight is 282 g/mol. The zero-order chi connectivity index (χ0) is 14.7. The molecule has 0 atom stereocenters. The Bertz CT molecular complexity index is 603. The summed E-state index contributed by atoms with van der Waals surface area (Å²) in [7, 11) is 0. The van der Waals surface area contributed by atoms with Gasteiger partial charge >= 0.3 is 0 Å². The van der Waals surface area contributed by atoms with Crippen LogP contribution in [-0.4, -0.2) is 11.0 Å². The standard InChI is InChI=1S/C18H22N2O/c1-13-3-6-15(7-4-13)12-21-18-10-5-14(2)20-17(18)11-19-16-8-9-16/h3-7,10,16,19H,8-9,11-12H2,1-2H3. The molecular weight excluding hydrogens is 260 g/mol. The first-order chi connectivity index (χ1) is 10.2. The van der Waals surface area contributed by atoms with Gasteiger partial charge in [0.05, 0.1) is 5.69 Å². The van der Waals surface area contributed by atoms with Crippen LogP contribution >= 0.6 is 0 Å². The van der Waals surface area contributed by atoms with Crippen molar-refractivity contribution in [2.45, 2.75) is 45.9 Å². The van der Waals surface area contributed by atoms with Crippen molar-refractivity contribution >= 4 is 0 Å². The summed E-state index contributed by atoms with van der Waals surface area (Å²) in [6, 6.07) is 13.2. The monoisotopic (exact) mass is 282 g/mol. The van der Waals surface area contributed by atoms with Crippen LogP contribution in [0.25, 0.3) is 0 Å². The summed E-state index contributed by atoms with van der Waals surface area (Å²) < 4.78 is 5.97. The second-order valence-corrected chi connectivity index (χ2v) is 5.83. The van der Waals surface area contributed by atoms with Crippen LogP contribution in [0, 0.1) is 13.8 Å². The van der Waals surface area contributed by atoms with Gasteiger partial charge < -0.3 is 10.1 Å². The van der Waals surface area contributed by atoms with Gasteiger partial charge in [-0.05, 0) is 44.4 Å². The van der Waals surface area contributed by atoms with Gasteiger partial charge in [0.1, 0.15) is 12.4 Å². The second-order valence-electron chi connectivity index (χ2n) is 5.83. The molecular formula is C18H22N2O. The molecule has 1 aliphatic carbocycles. The van der Waals surface area contributed by atoms with Crippen molar-refractivity contribution in [3.63, 3.8) is 0 Å². The van der Waals surface area contributed by atoms with E-state index in [0.29, 0.717) is 12.6 Å². The highest BCUT2D eigenvalue weighted by Gasteiger charge is 2.21. The van der Waals surface area contributed by atoms with Gasteiger partial charge in [0, 0.05) is 18.3 Å². The van der Waals surface area contributed by atoms with Crippen molar-refractivity contribution in [1.82, 2.24) is 10.3 Å². The number of hydrogen-bond acceptors (Lipinski definition) is 3. The number of aryl methyl sites for hydroxylation is 2. The van der Waals surface area contributed by atoms with Crippen molar-refractivity contribution in [3.8, 4) is 5.75 Å². The summed E-state index contributed by atoms with van der Waals surface area (Å²) in [6.07, 6.45) is 2.57. The quantitative estimate of drug-likeness (QED) is 0.880. The number of nitrogens with zero attached hydrogens (tertiary/aromatic N) is 1. The molecule has 1 aromatic heterocycles. The molecule has 0 radical (unpaired) electrons. The molecule has 21 heavy (non-hydrogen) atoms. The van der Waals surface area contributed by atoms with E-state index in [0.717, 1.165) is 23.7 Å². The maximum atomic E-state index is 5.97. The summed E-state index contributed by atoms with van der Waals surface area (Å²) in [5, 5.41) is 3.50. The molecule has 3 rings (SSSR count). The smallest absolute Gasteiger partial charge is 0.142 e. The van der Waals surface area contributed by atoms with Crippen molar-refractivity contribution in [2.24, 2.45) is 0 Å². The van der Waals surface area contributed by atoms with Crippen molar-refractivity contribution in [2.75, 3.05) is 0 Å². The fourth-order valence-electron chi connectivity index (χ4n) is 2.23. The molecule has 3 heteroatoms. The Kier molecular flexibility index (Phi) is 4.20. The lowest BCUT2D eigenvalue weighted by Crippen LogP contribution is -2.17. The predicted octanol–water partition coefficient (Wildman–Crippen LogP) is 3.53. The SMILES string of the molecule is Cc1ccc(COc2ccc(C)nc2CNC2CC2)cc1. The molecule has 1 aromatic carbocycles. The summed E-state index contributed by atoms with van der Waals surface area (Å²) in [6.45, 7) is 5.48. The molecule has 3 nitrogen and oxygen atoms in total. The molecule has 110 valence electrons. The average Bonchev–Trinajstić information content (AvgIpc) is 3.30. The maximum absolute atomic E-state index is 5.97. The Morgan fingerprint density at radius 2 is 1.86 bits per heavy atom. The number of hydrogen-bond donors (Lipinski definition) is 1. The van der Waals surface area contributed by atoms with Crippen LogP contribution in [0.2, 0.25) is 0 Å². The van der Waals surface area contributed by atoms with E-state index in [4.69, 9.17) is 4.74 Å². The van der Waals surface area contributed by atoms with E-state index in [1.165, 1.54) is 24.0 Å². The third-order valence-corrected chi connectivity index (χ3v) is 3.72. The predicted molar refractivity (Wildman–Crippen MR) is 84.3 cm³/mol. The number of nitrogens with one attached hydrogen (secondary N) is 1. The highest BCUT2D eigenvalue weighted by Crippen LogP contribution is 2.22. The van der Waals surface area contributed by atoms with Gasteiger partial charge in [-0.2, -0.15) is 0 Å². The summed E-state index contributed by atoms with van der Waals surface area (Å²) in [5.74, 6) is 0.884. The minimum Gasteiger partial charge on any atom is -0.487 e. The molecule has 0 saturated heterocycles. The molecule has 1 fully saturated rings. The maximum Gasteiger partial charge on any atom is 0.142 e. The van der Waals surface area contributed by atoms with E-state index < -0.39 is 0 Å². The zero-order valence-electron chi connectivity index (χ0n) is 12.7. The number of pyridine rings is 1. The van der Waals surface area contributed by atoms with Crippen molar-refractivity contribution < 1.29 is 4.74 Å². The molecule has 1 aliphatic rings. The van der Waals surface area contributed by atoms with E-state index in [-0.39, 0.29) is 0 Å². The van der Waals surface area contributed by atoms with Gasteiger partial charge in [0.25, 0.3) is 0 Å². The normalized spacial score (nSPS) is 14.2. The molecule has 0 unspecified atom stereocenters. The van der Waals surface area contributed by atoms with Crippen LogP contribution in [0.1, 0.15) is 35.4 Å². The van der Waals surface area contributed by atoms with Crippen LogP contribution in [-0.2, 0) is 13.2 Å². The molecule has 0 amide bonds. The van der Waals surface area contributed by atoms with Gasteiger partial charge in [0.15, 0.2) is 0 Å². The van der Waals surface area contributed by atoms with E-state index in [1.807, 2.05) is 19.1 Å². The Balaban J connectivity index is 1.66. The van der Waals surface area contributed by atoms with Gasteiger partial charge in [-0.15, -0.1) is 0 Å². The van der Waals surface area contributed by atoms with E-state index >= 15 is 0 Å². The highest BCUT2D eigenvalue weighted by molar-refractivity contribution is 5.30. The molecule has 0 bridgehead atoms. The molecule has 0 aliphatic heterocycles. The second kappa shape index (κ2) is 6.27. The molecule has 2 aromatic rings. The van der Waals surface area contributed by atoms with Crippen LogP contribution < -0.4 is 10.1 Å². The highest BCUT2D eigenvalue weighted by atomic mass is 16.5. The van der Waals surface area contributed by atoms with Crippen LogP contribution in [0.3, 0.4) is 0 Å².